The molecule has 2 N–H and O–H groups in total. The van der Waals surface area contributed by atoms with E-state index in [0.717, 1.165) is 43.0 Å². The standard InChI is InChI=1S/C17H26N4O2/c1-3-23-11-8-15-12-20-13(2)21-16(15)18-9-5-10-19-17(22)14-6-4-7-14/h8,11-12,14H,3-7,9-10H2,1-2H3,(H,19,22)(H,18,20,21)/b11-8+. The van der Waals surface area contributed by atoms with Crippen molar-refractivity contribution in [2.45, 2.75) is 39.5 Å². The summed E-state index contributed by atoms with van der Waals surface area (Å²) in [5.41, 5.74) is 0.891. The third kappa shape index (κ3) is 5.54. The Labute approximate surface area is 137 Å². The first-order valence-corrected chi connectivity index (χ1v) is 8.34. The third-order valence-corrected chi connectivity index (χ3v) is 3.87. The van der Waals surface area contributed by atoms with Gasteiger partial charge in [-0.3, -0.25) is 4.79 Å². The highest BCUT2D eigenvalue weighted by molar-refractivity contribution is 5.79. The highest BCUT2D eigenvalue weighted by Gasteiger charge is 2.24. The van der Waals surface area contributed by atoms with Gasteiger partial charge in [0.25, 0.3) is 0 Å². The summed E-state index contributed by atoms with van der Waals surface area (Å²) < 4.78 is 5.22. The molecule has 1 aliphatic rings. The van der Waals surface area contributed by atoms with Gasteiger partial charge in [0.15, 0.2) is 0 Å². The molecule has 126 valence electrons. The number of rotatable bonds is 9. The highest BCUT2D eigenvalue weighted by atomic mass is 16.5. The second-order valence-electron chi connectivity index (χ2n) is 5.68. The number of hydrogen-bond donors (Lipinski definition) is 2. The van der Waals surface area contributed by atoms with Crippen molar-refractivity contribution in [2.75, 3.05) is 25.0 Å². The second-order valence-corrected chi connectivity index (χ2v) is 5.68. The van der Waals surface area contributed by atoms with Crippen LogP contribution in [0.2, 0.25) is 0 Å². The Bertz CT molecular complexity index is 541. The fraction of sp³-hybridized carbons (Fsp3) is 0.588. The summed E-state index contributed by atoms with van der Waals surface area (Å²) in [7, 11) is 0. The molecule has 23 heavy (non-hydrogen) atoms. The van der Waals surface area contributed by atoms with Crippen LogP contribution in [-0.4, -0.2) is 35.6 Å². The van der Waals surface area contributed by atoms with Gasteiger partial charge in [-0.15, -0.1) is 0 Å². The van der Waals surface area contributed by atoms with Crippen LogP contribution >= 0.6 is 0 Å². The van der Waals surface area contributed by atoms with E-state index in [1.54, 1.807) is 12.5 Å². The number of carbonyl (C=O) groups excluding carboxylic acids is 1. The number of aromatic nitrogens is 2. The monoisotopic (exact) mass is 318 g/mol. The summed E-state index contributed by atoms with van der Waals surface area (Å²) in [5, 5.41) is 6.30. The van der Waals surface area contributed by atoms with Gasteiger partial charge in [0, 0.05) is 30.8 Å². The number of ether oxygens (including phenoxy) is 1. The van der Waals surface area contributed by atoms with Crippen molar-refractivity contribution in [3.8, 4) is 0 Å². The molecule has 0 unspecified atom stereocenters. The van der Waals surface area contributed by atoms with Crippen molar-refractivity contribution < 1.29 is 9.53 Å². The lowest BCUT2D eigenvalue weighted by Crippen LogP contribution is -2.35. The number of hydrogen-bond acceptors (Lipinski definition) is 5. The third-order valence-electron chi connectivity index (χ3n) is 3.87. The van der Waals surface area contributed by atoms with Crippen molar-refractivity contribution in [3.05, 3.63) is 23.8 Å². The average Bonchev–Trinajstić information content (AvgIpc) is 2.47. The minimum absolute atomic E-state index is 0.203. The number of amides is 1. The molecular weight excluding hydrogens is 292 g/mol. The van der Waals surface area contributed by atoms with Crippen LogP contribution in [0, 0.1) is 12.8 Å². The molecule has 0 radical (unpaired) electrons. The fourth-order valence-electron chi connectivity index (χ4n) is 2.28. The van der Waals surface area contributed by atoms with Gasteiger partial charge >= 0.3 is 0 Å². The van der Waals surface area contributed by atoms with Crippen molar-refractivity contribution in [3.63, 3.8) is 0 Å². The van der Waals surface area contributed by atoms with E-state index in [1.807, 2.05) is 19.9 Å². The van der Waals surface area contributed by atoms with Crippen molar-refractivity contribution in [1.82, 2.24) is 15.3 Å². The molecule has 6 nitrogen and oxygen atoms in total. The maximum atomic E-state index is 11.7. The Hall–Kier alpha value is -2.11. The first-order chi connectivity index (χ1) is 11.2. The molecule has 0 bridgehead atoms. The average molecular weight is 318 g/mol. The Morgan fingerprint density at radius 3 is 2.96 bits per heavy atom. The van der Waals surface area contributed by atoms with E-state index >= 15 is 0 Å². The molecule has 1 aliphatic carbocycles. The van der Waals surface area contributed by atoms with Crippen LogP contribution in [0.4, 0.5) is 5.82 Å². The van der Waals surface area contributed by atoms with Crippen LogP contribution in [0.25, 0.3) is 6.08 Å². The molecule has 2 rings (SSSR count). The molecule has 1 aromatic heterocycles. The molecule has 0 atom stereocenters. The highest BCUT2D eigenvalue weighted by Crippen LogP contribution is 2.26. The first-order valence-electron chi connectivity index (χ1n) is 8.34. The fourth-order valence-corrected chi connectivity index (χ4v) is 2.28. The number of carbonyl (C=O) groups is 1. The van der Waals surface area contributed by atoms with E-state index in [2.05, 4.69) is 20.6 Å². The summed E-state index contributed by atoms with van der Waals surface area (Å²) in [6.07, 6.45) is 9.40. The van der Waals surface area contributed by atoms with E-state index in [4.69, 9.17) is 4.74 Å². The minimum atomic E-state index is 0.203. The predicted octanol–water partition coefficient (Wildman–Crippen LogP) is 2.51. The number of aryl methyl sites for hydroxylation is 1. The molecule has 1 fully saturated rings. The van der Waals surface area contributed by atoms with Gasteiger partial charge in [-0.05, 0) is 39.2 Å². The summed E-state index contributed by atoms with van der Waals surface area (Å²) >= 11 is 0. The second kappa shape index (κ2) is 9.12. The molecule has 6 heteroatoms. The molecular formula is C17H26N4O2. The van der Waals surface area contributed by atoms with Crippen molar-refractivity contribution >= 4 is 17.8 Å². The molecule has 1 heterocycles. The molecule has 1 amide bonds. The summed E-state index contributed by atoms with van der Waals surface area (Å²) in [6, 6.07) is 0. The Balaban J connectivity index is 1.75. The topological polar surface area (TPSA) is 76.1 Å². The van der Waals surface area contributed by atoms with Gasteiger partial charge in [-0.2, -0.15) is 0 Å². The van der Waals surface area contributed by atoms with Gasteiger partial charge < -0.3 is 15.4 Å². The molecule has 0 saturated heterocycles. The van der Waals surface area contributed by atoms with Gasteiger partial charge in [0.05, 0.1) is 12.9 Å². The Morgan fingerprint density at radius 2 is 2.26 bits per heavy atom. The van der Waals surface area contributed by atoms with Crippen LogP contribution in [0.15, 0.2) is 12.5 Å². The SMILES string of the molecule is CCO/C=C/c1cnc(C)nc1NCCCNC(=O)C1CCC1. The van der Waals surface area contributed by atoms with Gasteiger partial charge in [-0.1, -0.05) is 6.42 Å². The summed E-state index contributed by atoms with van der Waals surface area (Å²) in [5.74, 6) is 1.97. The zero-order chi connectivity index (χ0) is 16.5. The lowest BCUT2D eigenvalue weighted by atomic mass is 9.85. The van der Waals surface area contributed by atoms with Gasteiger partial charge in [-0.25, -0.2) is 9.97 Å². The van der Waals surface area contributed by atoms with Crippen LogP contribution in [0.1, 0.15) is 44.0 Å². The van der Waals surface area contributed by atoms with Crippen LogP contribution in [-0.2, 0) is 9.53 Å². The summed E-state index contributed by atoms with van der Waals surface area (Å²) in [4.78, 5) is 20.4. The Kier molecular flexibility index (Phi) is 6.84. The molecule has 1 aromatic rings. The van der Waals surface area contributed by atoms with Gasteiger partial charge in [0.1, 0.15) is 11.6 Å². The lowest BCUT2D eigenvalue weighted by molar-refractivity contribution is -0.127. The molecule has 0 spiro atoms. The maximum absolute atomic E-state index is 11.7. The van der Waals surface area contributed by atoms with E-state index in [0.29, 0.717) is 13.2 Å². The number of anilines is 1. The predicted molar refractivity (Wildman–Crippen MR) is 90.9 cm³/mol. The van der Waals surface area contributed by atoms with Crippen molar-refractivity contribution in [2.24, 2.45) is 5.92 Å². The van der Waals surface area contributed by atoms with Gasteiger partial charge in [0.2, 0.25) is 5.91 Å². The zero-order valence-electron chi connectivity index (χ0n) is 14.0. The van der Waals surface area contributed by atoms with Crippen LogP contribution in [0.3, 0.4) is 0 Å². The van der Waals surface area contributed by atoms with Crippen molar-refractivity contribution in [1.29, 1.82) is 0 Å². The first kappa shape index (κ1) is 17.2. The van der Waals surface area contributed by atoms with E-state index < -0.39 is 0 Å². The number of nitrogens with zero attached hydrogens (tertiary/aromatic N) is 2. The minimum Gasteiger partial charge on any atom is -0.501 e. The van der Waals surface area contributed by atoms with Crippen LogP contribution in [0.5, 0.6) is 0 Å². The quantitative estimate of drug-likeness (QED) is 0.540. The van der Waals surface area contributed by atoms with E-state index in [9.17, 15) is 4.79 Å². The van der Waals surface area contributed by atoms with E-state index in [-0.39, 0.29) is 11.8 Å². The molecule has 1 saturated carbocycles. The normalized spacial score (nSPS) is 14.5. The zero-order valence-corrected chi connectivity index (χ0v) is 14.0. The largest absolute Gasteiger partial charge is 0.501 e. The maximum Gasteiger partial charge on any atom is 0.223 e. The smallest absolute Gasteiger partial charge is 0.223 e. The van der Waals surface area contributed by atoms with Crippen LogP contribution < -0.4 is 10.6 Å². The molecule has 0 aromatic carbocycles. The lowest BCUT2D eigenvalue weighted by Gasteiger charge is -2.24. The number of nitrogens with one attached hydrogen (secondary N) is 2. The Morgan fingerprint density at radius 1 is 1.43 bits per heavy atom. The molecule has 0 aliphatic heterocycles. The summed E-state index contributed by atoms with van der Waals surface area (Å²) in [6.45, 7) is 5.87. The van der Waals surface area contributed by atoms with E-state index in [1.165, 1.54) is 6.42 Å².